The van der Waals surface area contributed by atoms with Crippen LogP contribution in [-0.2, 0) is 4.79 Å². The Kier molecular flexibility index (Phi) is 4.18. The van der Waals surface area contributed by atoms with Crippen LogP contribution in [-0.4, -0.2) is 42.0 Å². The largest absolute Gasteiger partial charge is 0.353 e. The molecule has 1 amide bonds. The van der Waals surface area contributed by atoms with Crippen molar-refractivity contribution in [3.8, 4) is 0 Å². The first kappa shape index (κ1) is 12.9. The Morgan fingerprint density at radius 3 is 2.56 bits per heavy atom. The van der Waals surface area contributed by atoms with Crippen molar-refractivity contribution in [3.05, 3.63) is 24.4 Å². The van der Waals surface area contributed by atoms with Gasteiger partial charge in [0.2, 0.25) is 5.91 Å². The molecule has 4 nitrogen and oxygen atoms in total. The molecular weight excluding hydrogens is 226 g/mol. The fraction of sp³-hybridized carbons (Fsp3) is 0.571. The van der Waals surface area contributed by atoms with Gasteiger partial charge < -0.3 is 9.80 Å². The average molecular weight is 247 g/mol. The number of hydrogen-bond acceptors (Lipinski definition) is 3. The zero-order valence-electron chi connectivity index (χ0n) is 11.2. The molecule has 0 unspecified atom stereocenters. The minimum absolute atomic E-state index is 0.283. The molecular formula is C14H21N3O. The van der Waals surface area contributed by atoms with Crippen molar-refractivity contribution in [2.75, 3.05) is 31.1 Å². The Bertz CT molecular complexity index is 383. The van der Waals surface area contributed by atoms with Crippen LogP contribution in [0.3, 0.4) is 0 Å². The number of piperazine rings is 1. The van der Waals surface area contributed by atoms with Crippen molar-refractivity contribution < 1.29 is 4.79 Å². The molecule has 0 N–H and O–H groups in total. The summed E-state index contributed by atoms with van der Waals surface area (Å²) in [5.41, 5.74) is 0. The van der Waals surface area contributed by atoms with E-state index in [2.05, 4.69) is 23.7 Å². The predicted molar refractivity (Wildman–Crippen MR) is 72.5 cm³/mol. The normalized spacial score (nSPS) is 16.2. The first-order valence-corrected chi connectivity index (χ1v) is 6.60. The molecule has 1 aromatic rings. The summed E-state index contributed by atoms with van der Waals surface area (Å²) < 4.78 is 0. The van der Waals surface area contributed by atoms with Crippen molar-refractivity contribution in [1.82, 2.24) is 9.88 Å². The number of aromatic nitrogens is 1. The SMILES string of the molecule is CC(C)CC(=O)N1CCN(c2ccccn2)CC1. The molecule has 0 aromatic carbocycles. The van der Waals surface area contributed by atoms with Crippen molar-refractivity contribution >= 4 is 11.7 Å². The maximum atomic E-state index is 11.9. The van der Waals surface area contributed by atoms with E-state index in [-0.39, 0.29) is 5.91 Å². The van der Waals surface area contributed by atoms with Crippen LogP contribution >= 0.6 is 0 Å². The number of amides is 1. The predicted octanol–water partition coefficient (Wildman–Crippen LogP) is 1.78. The van der Waals surface area contributed by atoms with E-state index in [4.69, 9.17) is 0 Å². The number of carbonyl (C=O) groups excluding carboxylic acids is 1. The van der Waals surface area contributed by atoms with Crippen LogP contribution < -0.4 is 4.90 Å². The van der Waals surface area contributed by atoms with Crippen molar-refractivity contribution in [1.29, 1.82) is 0 Å². The van der Waals surface area contributed by atoms with Crippen LogP contribution in [0.25, 0.3) is 0 Å². The third-order valence-electron chi connectivity index (χ3n) is 3.19. The van der Waals surface area contributed by atoms with E-state index in [1.165, 1.54) is 0 Å². The van der Waals surface area contributed by atoms with Crippen LogP contribution in [0.2, 0.25) is 0 Å². The van der Waals surface area contributed by atoms with Gasteiger partial charge >= 0.3 is 0 Å². The Balaban J connectivity index is 1.87. The highest BCUT2D eigenvalue weighted by Gasteiger charge is 2.21. The summed E-state index contributed by atoms with van der Waals surface area (Å²) in [6, 6.07) is 5.94. The van der Waals surface area contributed by atoms with Gasteiger partial charge in [0.15, 0.2) is 0 Å². The van der Waals surface area contributed by atoms with Gasteiger partial charge in [0.25, 0.3) is 0 Å². The van der Waals surface area contributed by atoms with E-state index in [0.717, 1.165) is 32.0 Å². The van der Waals surface area contributed by atoms with Gasteiger partial charge in [0.05, 0.1) is 0 Å². The lowest BCUT2D eigenvalue weighted by Crippen LogP contribution is -2.49. The fourth-order valence-corrected chi connectivity index (χ4v) is 2.20. The highest BCUT2D eigenvalue weighted by Crippen LogP contribution is 2.14. The van der Waals surface area contributed by atoms with E-state index < -0.39 is 0 Å². The first-order valence-electron chi connectivity index (χ1n) is 6.60. The van der Waals surface area contributed by atoms with E-state index >= 15 is 0 Å². The second-order valence-electron chi connectivity index (χ2n) is 5.15. The molecule has 98 valence electrons. The standard InChI is InChI=1S/C14H21N3O/c1-12(2)11-14(18)17-9-7-16(8-10-17)13-5-3-4-6-15-13/h3-6,12H,7-11H2,1-2H3. The molecule has 18 heavy (non-hydrogen) atoms. The summed E-state index contributed by atoms with van der Waals surface area (Å²) in [6.45, 7) is 7.54. The maximum absolute atomic E-state index is 11.9. The van der Waals surface area contributed by atoms with E-state index in [1.807, 2.05) is 29.3 Å². The molecule has 2 rings (SSSR count). The topological polar surface area (TPSA) is 36.4 Å². The zero-order valence-corrected chi connectivity index (χ0v) is 11.2. The second-order valence-corrected chi connectivity index (χ2v) is 5.15. The van der Waals surface area contributed by atoms with Crippen LogP contribution in [0.5, 0.6) is 0 Å². The molecule has 1 aliphatic rings. The van der Waals surface area contributed by atoms with E-state index in [9.17, 15) is 4.79 Å². The smallest absolute Gasteiger partial charge is 0.222 e. The van der Waals surface area contributed by atoms with Gasteiger partial charge in [0.1, 0.15) is 5.82 Å². The summed E-state index contributed by atoms with van der Waals surface area (Å²) in [4.78, 5) is 20.5. The Labute approximate surface area is 109 Å². The number of carbonyl (C=O) groups is 1. The minimum atomic E-state index is 0.283. The van der Waals surface area contributed by atoms with Gasteiger partial charge in [0, 0.05) is 38.8 Å². The average Bonchev–Trinajstić information content (AvgIpc) is 2.39. The molecule has 4 heteroatoms. The fourth-order valence-electron chi connectivity index (χ4n) is 2.20. The van der Waals surface area contributed by atoms with Gasteiger partial charge in [-0.2, -0.15) is 0 Å². The second kappa shape index (κ2) is 5.85. The summed E-state index contributed by atoms with van der Waals surface area (Å²) in [5, 5.41) is 0. The Hall–Kier alpha value is -1.58. The summed E-state index contributed by atoms with van der Waals surface area (Å²) in [5.74, 6) is 1.73. The molecule has 0 radical (unpaired) electrons. The number of hydrogen-bond donors (Lipinski definition) is 0. The molecule has 0 saturated carbocycles. The van der Waals surface area contributed by atoms with Gasteiger partial charge in [-0.05, 0) is 18.1 Å². The quantitative estimate of drug-likeness (QED) is 0.817. The third kappa shape index (κ3) is 3.22. The number of anilines is 1. The highest BCUT2D eigenvalue weighted by atomic mass is 16.2. The molecule has 2 heterocycles. The molecule has 1 aromatic heterocycles. The molecule has 0 atom stereocenters. The van der Waals surface area contributed by atoms with E-state index in [0.29, 0.717) is 12.3 Å². The number of nitrogens with zero attached hydrogens (tertiary/aromatic N) is 3. The van der Waals surface area contributed by atoms with Crippen molar-refractivity contribution in [3.63, 3.8) is 0 Å². The van der Waals surface area contributed by atoms with Crippen molar-refractivity contribution in [2.24, 2.45) is 5.92 Å². The van der Waals surface area contributed by atoms with Crippen LogP contribution in [0, 0.1) is 5.92 Å². The molecule has 0 bridgehead atoms. The lowest BCUT2D eigenvalue weighted by Gasteiger charge is -2.35. The Morgan fingerprint density at radius 1 is 1.28 bits per heavy atom. The monoisotopic (exact) mass is 247 g/mol. The summed E-state index contributed by atoms with van der Waals surface area (Å²) >= 11 is 0. The zero-order chi connectivity index (χ0) is 13.0. The van der Waals surface area contributed by atoms with Crippen molar-refractivity contribution in [2.45, 2.75) is 20.3 Å². The molecule has 0 aliphatic carbocycles. The first-order chi connectivity index (χ1) is 8.66. The van der Waals surface area contributed by atoms with Gasteiger partial charge in [-0.1, -0.05) is 19.9 Å². The molecule has 1 saturated heterocycles. The van der Waals surface area contributed by atoms with Gasteiger partial charge in [-0.25, -0.2) is 4.98 Å². The highest BCUT2D eigenvalue weighted by molar-refractivity contribution is 5.76. The van der Waals surface area contributed by atoms with Gasteiger partial charge in [-0.15, -0.1) is 0 Å². The lowest BCUT2D eigenvalue weighted by atomic mass is 10.1. The van der Waals surface area contributed by atoms with Crippen LogP contribution in [0.15, 0.2) is 24.4 Å². The van der Waals surface area contributed by atoms with E-state index in [1.54, 1.807) is 0 Å². The molecule has 1 fully saturated rings. The van der Waals surface area contributed by atoms with Crippen LogP contribution in [0.4, 0.5) is 5.82 Å². The molecule has 1 aliphatic heterocycles. The maximum Gasteiger partial charge on any atom is 0.222 e. The third-order valence-corrected chi connectivity index (χ3v) is 3.19. The summed E-state index contributed by atoms with van der Waals surface area (Å²) in [7, 11) is 0. The van der Waals surface area contributed by atoms with Crippen LogP contribution in [0.1, 0.15) is 20.3 Å². The molecule has 0 spiro atoms. The summed E-state index contributed by atoms with van der Waals surface area (Å²) in [6.07, 6.45) is 2.47. The van der Waals surface area contributed by atoms with Gasteiger partial charge in [-0.3, -0.25) is 4.79 Å². The number of rotatable bonds is 3. The lowest BCUT2D eigenvalue weighted by molar-refractivity contribution is -0.132. The minimum Gasteiger partial charge on any atom is -0.353 e. The Morgan fingerprint density at radius 2 is 2.00 bits per heavy atom. The number of pyridine rings is 1.